The number of aryl methyl sites for hydroxylation is 1. The minimum absolute atomic E-state index is 0.208. The molecule has 2 amide bonds. The second kappa shape index (κ2) is 17.6. The molecule has 0 bridgehead atoms. The smallest absolute Gasteiger partial charge is 0.251 e. The molecule has 0 aliphatic carbocycles. The van der Waals surface area contributed by atoms with Crippen LogP contribution in [0.15, 0.2) is 83.4 Å². The minimum atomic E-state index is -1.25. The summed E-state index contributed by atoms with van der Waals surface area (Å²) in [6.45, 7) is 6.54. The zero-order valence-corrected chi connectivity index (χ0v) is 28.5. The van der Waals surface area contributed by atoms with Crippen molar-refractivity contribution in [3.63, 3.8) is 0 Å². The molecule has 252 valence electrons. The van der Waals surface area contributed by atoms with Crippen molar-refractivity contribution in [1.29, 1.82) is 0 Å². The molecule has 48 heavy (non-hydrogen) atoms. The summed E-state index contributed by atoms with van der Waals surface area (Å²) >= 11 is 0. The Hall–Kier alpha value is -4.54. The van der Waals surface area contributed by atoms with Gasteiger partial charge in [-0.2, -0.15) is 0 Å². The first-order chi connectivity index (χ1) is 23.5. The van der Waals surface area contributed by atoms with Gasteiger partial charge in [0.2, 0.25) is 6.41 Å². The predicted molar refractivity (Wildman–Crippen MR) is 191 cm³/mol. The topological polar surface area (TPSA) is 114 Å². The number of rotatable bonds is 16. The van der Waals surface area contributed by atoms with E-state index in [2.05, 4.69) is 29.1 Å². The molecular formula is C38H44N4O5S. The number of carbonyl (C=O) groups excluding carboxylic acids is 2. The lowest BCUT2D eigenvalue weighted by atomic mass is 9.96. The molecule has 3 aromatic carbocycles. The van der Waals surface area contributed by atoms with Gasteiger partial charge in [-0.3, -0.25) is 13.8 Å². The molecule has 1 atom stereocenters. The Balaban J connectivity index is 1.26. The number of fused-ring (bicyclic) bond motifs is 1. The fourth-order valence-electron chi connectivity index (χ4n) is 5.50. The van der Waals surface area contributed by atoms with Gasteiger partial charge < -0.3 is 24.7 Å². The number of nitrogens with zero attached hydrogens (tertiary/aromatic N) is 2. The molecule has 2 heterocycles. The van der Waals surface area contributed by atoms with Crippen molar-refractivity contribution in [1.82, 2.24) is 9.97 Å². The first-order valence-corrected chi connectivity index (χ1v) is 18.0. The van der Waals surface area contributed by atoms with Gasteiger partial charge in [-0.05, 0) is 97.0 Å². The highest BCUT2D eigenvalue weighted by Gasteiger charge is 2.19. The van der Waals surface area contributed by atoms with Crippen molar-refractivity contribution in [2.45, 2.75) is 63.0 Å². The van der Waals surface area contributed by atoms with Gasteiger partial charge in [0.15, 0.2) is 0 Å². The lowest BCUT2D eigenvalue weighted by molar-refractivity contribution is -0.113. The Kier molecular flexibility index (Phi) is 12.7. The summed E-state index contributed by atoms with van der Waals surface area (Å²) < 4.78 is 24.4. The number of anilines is 2. The maximum absolute atomic E-state index is 13.5. The van der Waals surface area contributed by atoms with E-state index in [4.69, 9.17) is 9.47 Å². The molecule has 9 nitrogen and oxygen atoms in total. The second-order valence-electron chi connectivity index (χ2n) is 11.8. The average molecular weight is 669 g/mol. The summed E-state index contributed by atoms with van der Waals surface area (Å²) in [4.78, 5) is 35.4. The quantitative estimate of drug-likeness (QED) is 0.0956. The summed E-state index contributed by atoms with van der Waals surface area (Å²) in [5.74, 6) is 1.82. The van der Waals surface area contributed by atoms with Gasteiger partial charge in [-0.1, -0.05) is 38.5 Å². The molecule has 1 aromatic heterocycles. The van der Waals surface area contributed by atoms with Crippen LogP contribution in [0.1, 0.15) is 63.0 Å². The summed E-state index contributed by atoms with van der Waals surface area (Å²) in [7, 11) is -1.25. The lowest BCUT2D eigenvalue weighted by Crippen LogP contribution is -2.25. The molecule has 5 rings (SSSR count). The number of hydrogen-bond acceptors (Lipinski definition) is 6. The number of hydrogen-bond donors (Lipinski definition) is 2. The Morgan fingerprint density at radius 1 is 1.00 bits per heavy atom. The Labute approximate surface area is 285 Å². The van der Waals surface area contributed by atoms with E-state index >= 15 is 0 Å². The fraction of sp³-hybridized carbons (Fsp3) is 0.342. The second-order valence-corrected chi connectivity index (χ2v) is 13.2. The summed E-state index contributed by atoms with van der Waals surface area (Å²) in [6.07, 6.45) is 9.64. The minimum Gasteiger partial charge on any atom is -0.491 e. The van der Waals surface area contributed by atoms with Crippen molar-refractivity contribution in [3.8, 4) is 16.9 Å². The van der Waals surface area contributed by atoms with E-state index in [1.54, 1.807) is 35.4 Å². The number of benzene rings is 3. The van der Waals surface area contributed by atoms with Gasteiger partial charge >= 0.3 is 0 Å². The van der Waals surface area contributed by atoms with Crippen LogP contribution in [0.25, 0.3) is 17.2 Å². The van der Waals surface area contributed by atoms with Crippen LogP contribution in [-0.4, -0.2) is 52.9 Å². The Bertz CT molecular complexity index is 1720. The van der Waals surface area contributed by atoms with Gasteiger partial charge in [-0.15, -0.1) is 0 Å². The van der Waals surface area contributed by atoms with Crippen LogP contribution in [-0.2, 0) is 37.3 Å². The lowest BCUT2D eigenvalue weighted by Gasteiger charge is -2.24. The molecular weight excluding hydrogens is 625 g/mol. The van der Waals surface area contributed by atoms with Crippen LogP contribution >= 0.6 is 0 Å². The van der Waals surface area contributed by atoms with Crippen molar-refractivity contribution < 1.29 is 23.3 Å². The SMILES string of the molecule is CCCCOCCOc1ccc(-c2ccc3c(c2)C=C(C(=O)Nc2ccc(S(=O)Cc4cnc(CCC)[nH]4)cc2)CCCN3C=O)cc1. The molecule has 1 unspecified atom stereocenters. The molecule has 1 aliphatic heterocycles. The van der Waals surface area contributed by atoms with Gasteiger partial charge in [0.1, 0.15) is 18.2 Å². The summed E-state index contributed by atoms with van der Waals surface area (Å²) in [6, 6.07) is 20.9. The van der Waals surface area contributed by atoms with Gasteiger partial charge in [0.05, 0.1) is 28.8 Å². The number of amides is 2. The molecule has 10 heteroatoms. The van der Waals surface area contributed by atoms with Crippen molar-refractivity contribution in [2.75, 3.05) is 36.6 Å². The van der Waals surface area contributed by atoms with E-state index in [1.807, 2.05) is 48.5 Å². The third-order valence-corrected chi connectivity index (χ3v) is 9.46. The number of unbranched alkanes of at least 4 members (excludes halogenated alkanes) is 1. The van der Waals surface area contributed by atoms with Crippen LogP contribution in [0.4, 0.5) is 11.4 Å². The largest absolute Gasteiger partial charge is 0.491 e. The van der Waals surface area contributed by atoms with Crippen LogP contribution < -0.4 is 15.0 Å². The van der Waals surface area contributed by atoms with E-state index in [0.717, 1.165) is 78.3 Å². The third kappa shape index (κ3) is 9.51. The normalized spacial score (nSPS) is 13.5. The van der Waals surface area contributed by atoms with Crippen LogP contribution in [0.2, 0.25) is 0 Å². The van der Waals surface area contributed by atoms with E-state index in [-0.39, 0.29) is 5.91 Å². The molecule has 0 fully saturated rings. The first-order valence-electron chi connectivity index (χ1n) is 16.7. The summed E-state index contributed by atoms with van der Waals surface area (Å²) in [5.41, 5.74) is 5.59. The molecule has 0 radical (unpaired) electrons. The number of nitrogens with one attached hydrogen (secondary N) is 2. The number of aromatic nitrogens is 2. The van der Waals surface area contributed by atoms with Gasteiger partial charge in [-0.25, -0.2) is 4.98 Å². The number of aromatic amines is 1. The molecule has 1 aliphatic rings. The Morgan fingerprint density at radius 3 is 2.54 bits per heavy atom. The number of ether oxygens (including phenoxy) is 2. The van der Waals surface area contributed by atoms with E-state index in [0.29, 0.717) is 54.5 Å². The highest BCUT2D eigenvalue weighted by molar-refractivity contribution is 7.84. The molecule has 0 spiro atoms. The van der Waals surface area contributed by atoms with Crippen molar-refractivity contribution in [3.05, 3.63) is 95.6 Å². The zero-order chi connectivity index (χ0) is 33.7. The van der Waals surface area contributed by atoms with E-state index < -0.39 is 10.8 Å². The maximum atomic E-state index is 13.5. The molecule has 2 N–H and O–H groups in total. The first kappa shape index (κ1) is 34.8. The van der Waals surface area contributed by atoms with Crippen LogP contribution in [0, 0.1) is 0 Å². The number of carbonyl (C=O) groups is 2. The van der Waals surface area contributed by atoms with Crippen molar-refractivity contribution >= 4 is 40.6 Å². The van der Waals surface area contributed by atoms with Gasteiger partial charge in [0, 0.05) is 47.6 Å². The standard InChI is InChI=1S/C38H44N4O5S/c1-3-5-20-46-21-22-47-34-14-9-28(10-15-34)29-11-18-36-31(23-29)24-30(8-6-19-42(36)27-43)38(44)41-32-12-16-35(17-13-32)48(45)26-33-25-39-37(40-33)7-4-2/h9-18,23-25,27H,3-8,19-22,26H2,1-2H3,(H,39,40)(H,41,44). The van der Waals surface area contributed by atoms with Crippen LogP contribution in [0.3, 0.4) is 0 Å². The zero-order valence-electron chi connectivity index (χ0n) is 27.7. The predicted octanol–water partition coefficient (Wildman–Crippen LogP) is 7.31. The molecule has 4 aromatic rings. The molecule has 0 saturated carbocycles. The van der Waals surface area contributed by atoms with E-state index in [9.17, 15) is 13.8 Å². The number of imidazole rings is 1. The average Bonchev–Trinajstić information content (AvgIpc) is 3.54. The third-order valence-electron chi connectivity index (χ3n) is 8.09. The number of H-pyrrole nitrogens is 1. The maximum Gasteiger partial charge on any atom is 0.251 e. The highest BCUT2D eigenvalue weighted by atomic mass is 32.2. The van der Waals surface area contributed by atoms with E-state index in [1.165, 1.54) is 0 Å². The van der Waals surface area contributed by atoms with Crippen molar-refractivity contribution in [2.24, 2.45) is 0 Å². The van der Waals surface area contributed by atoms with Gasteiger partial charge in [0.25, 0.3) is 5.91 Å². The fourth-order valence-corrected chi connectivity index (χ4v) is 6.53. The highest BCUT2D eigenvalue weighted by Crippen LogP contribution is 2.32. The van der Waals surface area contributed by atoms with Crippen LogP contribution in [0.5, 0.6) is 5.75 Å². The monoisotopic (exact) mass is 668 g/mol. The molecule has 0 saturated heterocycles. The Morgan fingerprint density at radius 2 is 1.79 bits per heavy atom. The summed E-state index contributed by atoms with van der Waals surface area (Å²) in [5, 5.41) is 3.00.